The highest BCUT2D eigenvalue weighted by Gasteiger charge is 2.06. The summed E-state index contributed by atoms with van der Waals surface area (Å²) in [4.78, 5) is 10.4. The maximum absolute atomic E-state index is 13.3. The molecule has 0 aromatic heterocycles. The molecular formula is C11H8FNO2. The van der Waals surface area contributed by atoms with Crippen molar-refractivity contribution in [3.8, 4) is 6.07 Å². The lowest BCUT2D eigenvalue weighted by Crippen LogP contribution is -2.02. The van der Waals surface area contributed by atoms with Gasteiger partial charge in [-0.2, -0.15) is 5.26 Å². The van der Waals surface area contributed by atoms with E-state index in [1.807, 2.05) is 0 Å². The van der Waals surface area contributed by atoms with Gasteiger partial charge < -0.3 is 5.11 Å². The van der Waals surface area contributed by atoms with Gasteiger partial charge in [-0.25, -0.2) is 4.39 Å². The molecule has 1 aromatic rings. The molecule has 0 heterocycles. The molecule has 1 rings (SSSR count). The molecule has 0 aliphatic heterocycles. The first-order chi connectivity index (χ1) is 7.13. The van der Waals surface area contributed by atoms with Crippen LogP contribution in [0.1, 0.15) is 11.1 Å². The van der Waals surface area contributed by atoms with Gasteiger partial charge in [0, 0.05) is 6.08 Å². The Morgan fingerprint density at radius 3 is 2.87 bits per heavy atom. The topological polar surface area (TPSA) is 61.1 Å². The van der Waals surface area contributed by atoms with Crippen LogP contribution in [-0.2, 0) is 11.2 Å². The maximum Gasteiger partial charge on any atom is 0.307 e. The summed E-state index contributed by atoms with van der Waals surface area (Å²) in [6.07, 6.45) is 2.34. The number of nitrogens with zero attached hydrogens (tertiary/aromatic N) is 1. The average Bonchev–Trinajstić information content (AvgIpc) is 2.18. The van der Waals surface area contributed by atoms with E-state index in [0.717, 1.165) is 0 Å². The van der Waals surface area contributed by atoms with Crippen LogP contribution in [0.3, 0.4) is 0 Å². The van der Waals surface area contributed by atoms with Crippen molar-refractivity contribution in [2.24, 2.45) is 0 Å². The van der Waals surface area contributed by atoms with Crippen molar-refractivity contribution < 1.29 is 14.3 Å². The molecule has 15 heavy (non-hydrogen) atoms. The van der Waals surface area contributed by atoms with Crippen LogP contribution in [-0.4, -0.2) is 11.1 Å². The number of allylic oxidation sites excluding steroid dienone is 1. The van der Waals surface area contributed by atoms with Crippen molar-refractivity contribution in [3.05, 3.63) is 41.2 Å². The normalized spacial score (nSPS) is 10.1. The highest BCUT2D eigenvalue weighted by molar-refractivity contribution is 5.70. The number of carbonyl (C=O) groups is 1. The Balaban J connectivity index is 2.93. The molecule has 0 saturated carbocycles. The summed E-state index contributed by atoms with van der Waals surface area (Å²) in [5.41, 5.74) is 0.666. The highest BCUT2D eigenvalue weighted by atomic mass is 19.1. The van der Waals surface area contributed by atoms with Crippen LogP contribution in [0.15, 0.2) is 24.3 Å². The van der Waals surface area contributed by atoms with Gasteiger partial charge in [-0.3, -0.25) is 4.79 Å². The predicted molar refractivity (Wildman–Crippen MR) is 52.4 cm³/mol. The van der Waals surface area contributed by atoms with Crippen molar-refractivity contribution in [1.82, 2.24) is 0 Å². The molecule has 0 saturated heterocycles. The van der Waals surface area contributed by atoms with E-state index in [1.54, 1.807) is 12.1 Å². The third kappa shape index (κ3) is 3.24. The molecular weight excluding hydrogens is 197 g/mol. The molecule has 0 radical (unpaired) electrons. The summed E-state index contributed by atoms with van der Waals surface area (Å²) in [6, 6.07) is 5.95. The van der Waals surface area contributed by atoms with E-state index in [9.17, 15) is 9.18 Å². The summed E-state index contributed by atoms with van der Waals surface area (Å²) in [7, 11) is 0. The van der Waals surface area contributed by atoms with Crippen LogP contribution in [0, 0.1) is 17.1 Å². The lowest BCUT2D eigenvalue weighted by molar-refractivity contribution is -0.136. The number of benzene rings is 1. The molecule has 0 amide bonds. The largest absolute Gasteiger partial charge is 0.481 e. The zero-order chi connectivity index (χ0) is 11.3. The summed E-state index contributed by atoms with van der Waals surface area (Å²) in [5.74, 6) is -1.65. The van der Waals surface area contributed by atoms with Crippen molar-refractivity contribution in [2.75, 3.05) is 0 Å². The van der Waals surface area contributed by atoms with E-state index < -0.39 is 11.8 Å². The summed E-state index contributed by atoms with van der Waals surface area (Å²) < 4.78 is 13.3. The number of halogens is 1. The maximum atomic E-state index is 13.3. The molecule has 0 atom stereocenters. The van der Waals surface area contributed by atoms with E-state index in [4.69, 9.17) is 10.4 Å². The van der Waals surface area contributed by atoms with Crippen molar-refractivity contribution in [3.63, 3.8) is 0 Å². The van der Waals surface area contributed by atoms with Crippen molar-refractivity contribution in [1.29, 1.82) is 5.26 Å². The van der Waals surface area contributed by atoms with Gasteiger partial charge in [-0.15, -0.1) is 0 Å². The number of hydrogen-bond acceptors (Lipinski definition) is 2. The summed E-state index contributed by atoms with van der Waals surface area (Å²) >= 11 is 0. The van der Waals surface area contributed by atoms with Crippen LogP contribution in [0.2, 0.25) is 0 Å². The molecule has 3 nitrogen and oxygen atoms in total. The van der Waals surface area contributed by atoms with Crippen LogP contribution in [0.4, 0.5) is 4.39 Å². The minimum atomic E-state index is -1.07. The summed E-state index contributed by atoms with van der Waals surface area (Å²) in [5, 5.41) is 16.7. The van der Waals surface area contributed by atoms with Gasteiger partial charge in [-0.1, -0.05) is 12.1 Å². The zero-order valence-corrected chi connectivity index (χ0v) is 7.77. The number of carboxylic acids is 1. The molecule has 0 aliphatic rings. The second-order valence-electron chi connectivity index (χ2n) is 2.88. The number of carboxylic acid groups (broad SMARTS) is 1. The Labute approximate surface area is 86.1 Å². The highest BCUT2D eigenvalue weighted by Crippen LogP contribution is 2.12. The molecule has 0 aliphatic carbocycles. The minimum absolute atomic E-state index is 0.136. The van der Waals surface area contributed by atoms with Gasteiger partial charge in [0.25, 0.3) is 0 Å². The first-order valence-electron chi connectivity index (χ1n) is 4.20. The standard InChI is InChI=1S/C11H8FNO2/c12-10-6-8(2-1-5-13)3-4-9(10)7-11(14)15/h1-4,6H,7H2,(H,14,15). The Bertz CT molecular complexity index is 446. The number of nitriles is 1. The lowest BCUT2D eigenvalue weighted by Gasteiger charge is -2.00. The molecule has 4 heteroatoms. The smallest absolute Gasteiger partial charge is 0.307 e. The fraction of sp³-hybridized carbons (Fsp3) is 0.0909. The molecule has 1 N–H and O–H groups in total. The molecule has 0 fully saturated rings. The second kappa shape index (κ2) is 4.91. The number of hydrogen-bond donors (Lipinski definition) is 1. The Kier molecular flexibility index (Phi) is 3.58. The van der Waals surface area contributed by atoms with Crippen LogP contribution in [0.25, 0.3) is 6.08 Å². The van der Waals surface area contributed by atoms with E-state index in [1.165, 1.54) is 24.3 Å². The van der Waals surface area contributed by atoms with E-state index in [-0.39, 0.29) is 12.0 Å². The molecule has 76 valence electrons. The van der Waals surface area contributed by atoms with Gasteiger partial charge in [0.15, 0.2) is 0 Å². The molecule has 0 unspecified atom stereocenters. The third-order valence-corrected chi connectivity index (χ3v) is 1.77. The van der Waals surface area contributed by atoms with Crippen LogP contribution in [0.5, 0.6) is 0 Å². The van der Waals surface area contributed by atoms with E-state index in [2.05, 4.69) is 0 Å². The molecule has 0 bridgehead atoms. The Morgan fingerprint density at radius 2 is 2.33 bits per heavy atom. The minimum Gasteiger partial charge on any atom is -0.481 e. The third-order valence-electron chi connectivity index (χ3n) is 1.77. The second-order valence-corrected chi connectivity index (χ2v) is 2.88. The molecule has 0 spiro atoms. The van der Waals surface area contributed by atoms with Gasteiger partial charge >= 0.3 is 5.97 Å². The van der Waals surface area contributed by atoms with Crippen molar-refractivity contribution >= 4 is 12.0 Å². The SMILES string of the molecule is N#CC=Cc1ccc(CC(=O)O)c(F)c1. The first-order valence-corrected chi connectivity index (χ1v) is 4.20. The van der Waals surface area contributed by atoms with Gasteiger partial charge in [-0.05, 0) is 23.3 Å². The fourth-order valence-corrected chi connectivity index (χ4v) is 1.11. The Morgan fingerprint density at radius 1 is 1.60 bits per heavy atom. The van der Waals surface area contributed by atoms with Gasteiger partial charge in [0.1, 0.15) is 5.82 Å². The van der Waals surface area contributed by atoms with E-state index in [0.29, 0.717) is 5.56 Å². The molecule has 1 aromatic carbocycles. The van der Waals surface area contributed by atoms with Gasteiger partial charge in [0.2, 0.25) is 0 Å². The number of rotatable bonds is 3. The predicted octanol–water partition coefficient (Wildman–Crippen LogP) is 1.99. The van der Waals surface area contributed by atoms with Crippen molar-refractivity contribution in [2.45, 2.75) is 6.42 Å². The summed E-state index contributed by atoms with van der Waals surface area (Å²) in [6.45, 7) is 0. The van der Waals surface area contributed by atoms with Gasteiger partial charge in [0.05, 0.1) is 12.5 Å². The zero-order valence-electron chi connectivity index (χ0n) is 7.77. The van der Waals surface area contributed by atoms with Crippen LogP contribution >= 0.6 is 0 Å². The van der Waals surface area contributed by atoms with E-state index >= 15 is 0 Å². The lowest BCUT2D eigenvalue weighted by atomic mass is 10.1. The monoisotopic (exact) mass is 205 g/mol. The average molecular weight is 205 g/mol. The van der Waals surface area contributed by atoms with Crippen LogP contribution < -0.4 is 0 Å². The quantitative estimate of drug-likeness (QED) is 0.767. The first kappa shape index (κ1) is 10.9. The Hall–Kier alpha value is -2.15. The number of aliphatic carboxylic acids is 1. The fourth-order valence-electron chi connectivity index (χ4n) is 1.11.